The first-order valence-corrected chi connectivity index (χ1v) is 8.02. The Hall–Kier alpha value is -1.92. The Balaban J connectivity index is 1.86. The van der Waals surface area contributed by atoms with Gasteiger partial charge in [0, 0.05) is 26.2 Å². The van der Waals surface area contributed by atoms with E-state index in [1.807, 2.05) is 30.3 Å². The van der Waals surface area contributed by atoms with Crippen LogP contribution in [0, 0.1) is 0 Å². The molecule has 23 heavy (non-hydrogen) atoms. The lowest BCUT2D eigenvalue weighted by Gasteiger charge is -2.34. The van der Waals surface area contributed by atoms with Crippen molar-refractivity contribution in [2.24, 2.45) is 5.73 Å². The van der Waals surface area contributed by atoms with Crippen molar-refractivity contribution in [2.75, 3.05) is 26.7 Å². The highest BCUT2D eigenvalue weighted by atomic mass is 16.2. The second-order valence-corrected chi connectivity index (χ2v) is 6.27. The van der Waals surface area contributed by atoms with Crippen molar-refractivity contribution >= 4 is 11.8 Å². The fourth-order valence-electron chi connectivity index (χ4n) is 2.77. The van der Waals surface area contributed by atoms with Gasteiger partial charge in [-0.1, -0.05) is 30.3 Å². The molecule has 1 aromatic rings. The SMILES string of the molecule is CNC(=O)CN1CCC(NC(=O)C(C)(N)c2ccccc2)CC1. The van der Waals surface area contributed by atoms with Gasteiger partial charge in [-0.25, -0.2) is 0 Å². The Morgan fingerprint density at radius 3 is 2.43 bits per heavy atom. The van der Waals surface area contributed by atoms with Crippen LogP contribution >= 0.6 is 0 Å². The van der Waals surface area contributed by atoms with E-state index in [0.717, 1.165) is 31.5 Å². The molecule has 0 saturated carbocycles. The summed E-state index contributed by atoms with van der Waals surface area (Å²) in [5.74, 6) is -0.139. The lowest BCUT2D eigenvalue weighted by Crippen LogP contribution is -2.54. The minimum absolute atomic E-state index is 0.0195. The maximum absolute atomic E-state index is 12.5. The smallest absolute Gasteiger partial charge is 0.244 e. The molecule has 0 aromatic heterocycles. The number of piperidine rings is 1. The predicted molar refractivity (Wildman–Crippen MR) is 89.7 cm³/mol. The molecule has 6 heteroatoms. The Labute approximate surface area is 137 Å². The fourth-order valence-corrected chi connectivity index (χ4v) is 2.77. The summed E-state index contributed by atoms with van der Waals surface area (Å²) < 4.78 is 0. The van der Waals surface area contributed by atoms with Crippen LogP contribution in [0.5, 0.6) is 0 Å². The number of nitrogens with two attached hydrogens (primary N) is 1. The second-order valence-electron chi connectivity index (χ2n) is 6.27. The molecule has 0 radical (unpaired) electrons. The topological polar surface area (TPSA) is 87.5 Å². The number of hydrogen-bond acceptors (Lipinski definition) is 4. The number of nitrogens with zero attached hydrogens (tertiary/aromatic N) is 1. The number of rotatable bonds is 5. The maximum atomic E-state index is 12.5. The van der Waals surface area contributed by atoms with Gasteiger partial charge in [0.05, 0.1) is 6.54 Å². The number of likely N-dealkylation sites (N-methyl/N-ethyl adjacent to an activating group) is 1. The molecule has 1 aliphatic rings. The quantitative estimate of drug-likeness (QED) is 0.723. The van der Waals surface area contributed by atoms with Crippen LogP contribution in [0.1, 0.15) is 25.3 Å². The van der Waals surface area contributed by atoms with Gasteiger partial charge in [0.15, 0.2) is 0 Å². The minimum atomic E-state index is -1.04. The third kappa shape index (κ3) is 4.53. The van der Waals surface area contributed by atoms with Crippen LogP contribution in [0.3, 0.4) is 0 Å². The van der Waals surface area contributed by atoms with Crippen LogP contribution in [0.4, 0.5) is 0 Å². The lowest BCUT2D eigenvalue weighted by atomic mass is 9.91. The van der Waals surface area contributed by atoms with Gasteiger partial charge in [-0.15, -0.1) is 0 Å². The number of benzene rings is 1. The monoisotopic (exact) mass is 318 g/mol. The van der Waals surface area contributed by atoms with Gasteiger partial charge in [-0.3, -0.25) is 14.5 Å². The highest BCUT2D eigenvalue weighted by Crippen LogP contribution is 2.19. The molecule has 1 unspecified atom stereocenters. The molecule has 1 fully saturated rings. The molecule has 2 amide bonds. The minimum Gasteiger partial charge on any atom is -0.358 e. The summed E-state index contributed by atoms with van der Waals surface area (Å²) in [6.45, 7) is 3.74. The number of nitrogens with one attached hydrogen (secondary N) is 2. The fraction of sp³-hybridized carbons (Fsp3) is 0.529. The van der Waals surface area contributed by atoms with E-state index in [-0.39, 0.29) is 17.9 Å². The van der Waals surface area contributed by atoms with Crippen LogP contribution in [0.25, 0.3) is 0 Å². The van der Waals surface area contributed by atoms with E-state index in [1.165, 1.54) is 0 Å². The number of likely N-dealkylation sites (tertiary alicyclic amines) is 1. The molecular weight excluding hydrogens is 292 g/mol. The highest BCUT2D eigenvalue weighted by molar-refractivity contribution is 5.87. The van der Waals surface area contributed by atoms with E-state index in [9.17, 15) is 9.59 Å². The molecule has 1 aromatic carbocycles. The van der Waals surface area contributed by atoms with E-state index >= 15 is 0 Å². The second kappa shape index (κ2) is 7.57. The van der Waals surface area contributed by atoms with Gasteiger partial charge in [0.25, 0.3) is 0 Å². The third-order valence-corrected chi connectivity index (χ3v) is 4.41. The summed E-state index contributed by atoms with van der Waals surface area (Å²) in [4.78, 5) is 26.0. The molecule has 1 aliphatic heterocycles. The lowest BCUT2D eigenvalue weighted by molar-refractivity contribution is -0.127. The first-order valence-electron chi connectivity index (χ1n) is 8.02. The van der Waals surface area contributed by atoms with Crippen molar-refractivity contribution in [1.29, 1.82) is 0 Å². The van der Waals surface area contributed by atoms with Gasteiger partial charge in [-0.2, -0.15) is 0 Å². The molecule has 0 bridgehead atoms. The Kier molecular flexibility index (Phi) is 5.74. The van der Waals surface area contributed by atoms with Gasteiger partial charge in [0.1, 0.15) is 5.54 Å². The number of hydrogen-bond donors (Lipinski definition) is 3. The molecule has 4 N–H and O–H groups in total. The van der Waals surface area contributed by atoms with Crippen molar-refractivity contribution in [3.63, 3.8) is 0 Å². The van der Waals surface area contributed by atoms with E-state index in [1.54, 1.807) is 14.0 Å². The first kappa shape index (κ1) is 17.4. The summed E-state index contributed by atoms with van der Waals surface area (Å²) in [5.41, 5.74) is 5.99. The molecular formula is C17H26N4O2. The van der Waals surface area contributed by atoms with Crippen molar-refractivity contribution in [3.05, 3.63) is 35.9 Å². The molecule has 0 spiro atoms. The molecule has 1 heterocycles. The van der Waals surface area contributed by atoms with Gasteiger partial charge in [-0.05, 0) is 25.3 Å². The molecule has 1 atom stereocenters. The van der Waals surface area contributed by atoms with E-state index in [0.29, 0.717) is 6.54 Å². The molecule has 6 nitrogen and oxygen atoms in total. The van der Waals surface area contributed by atoms with Crippen molar-refractivity contribution in [3.8, 4) is 0 Å². The largest absolute Gasteiger partial charge is 0.358 e. The zero-order chi connectivity index (χ0) is 16.9. The van der Waals surface area contributed by atoms with Crippen molar-refractivity contribution < 1.29 is 9.59 Å². The molecule has 1 saturated heterocycles. The molecule has 0 aliphatic carbocycles. The Morgan fingerprint density at radius 2 is 1.87 bits per heavy atom. The third-order valence-electron chi connectivity index (χ3n) is 4.41. The highest BCUT2D eigenvalue weighted by Gasteiger charge is 2.32. The zero-order valence-electron chi connectivity index (χ0n) is 13.8. The number of amides is 2. The summed E-state index contributed by atoms with van der Waals surface area (Å²) in [7, 11) is 1.64. The average Bonchev–Trinajstić information content (AvgIpc) is 2.57. The van der Waals surface area contributed by atoms with Crippen molar-refractivity contribution in [2.45, 2.75) is 31.3 Å². The van der Waals surface area contributed by atoms with Crippen LogP contribution < -0.4 is 16.4 Å². The van der Waals surface area contributed by atoms with Crippen molar-refractivity contribution in [1.82, 2.24) is 15.5 Å². The normalized spacial score (nSPS) is 18.9. The summed E-state index contributed by atoms with van der Waals surface area (Å²) >= 11 is 0. The van der Waals surface area contributed by atoms with Gasteiger partial charge < -0.3 is 16.4 Å². The predicted octanol–water partition coefficient (Wildman–Crippen LogP) is 0.187. The van der Waals surface area contributed by atoms with E-state index in [2.05, 4.69) is 15.5 Å². The number of carbonyl (C=O) groups excluding carboxylic acids is 2. The molecule has 2 rings (SSSR count). The maximum Gasteiger partial charge on any atom is 0.244 e. The van der Waals surface area contributed by atoms with Gasteiger partial charge >= 0.3 is 0 Å². The summed E-state index contributed by atoms with van der Waals surface area (Å²) in [6.07, 6.45) is 1.65. The van der Waals surface area contributed by atoms with E-state index in [4.69, 9.17) is 5.73 Å². The summed E-state index contributed by atoms with van der Waals surface area (Å²) in [5, 5.41) is 5.68. The molecule has 126 valence electrons. The number of carbonyl (C=O) groups is 2. The Bertz CT molecular complexity index is 537. The van der Waals surface area contributed by atoms with Crippen LogP contribution in [0.15, 0.2) is 30.3 Å². The standard InChI is InChI=1S/C17H26N4O2/c1-17(18,13-6-4-3-5-7-13)16(23)20-14-8-10-21(11-9-14)12-15(22)19-2/h3-7,14H,8-12,18H2,1-2H3,(H,19,22)(H,20,23). The average molecular weight is 318 g/mol. The van der Waals surface area contributed by atoms with Crippen LogP contribution in [-0.4, -0.2) is 49.4 Å². The first-order chi connectivity index (χ1) is 10.9. The summed E-state index contributed by atoms with van der Waals surface area (Å²) in [6, 6.07) is 9.50. The van der Waals surface area contributed by atoms with E-state index < -0.39 is 5.54 Å². The zero-order valence-corrected chi connectivity index (χ0v) is 13.8. The van der Waals surface area contributed by atoms with Gasteiger partial charge in [0.2, 0.25) is 11.8 Å². The van der Waals surface area contributed by atoms with Crippen LogP contribution in [-0.2, 0) is 15.1 Å². The Morgan fingerprint density at radius 1 is 1.26 bits per heavy atom. The van der Waals surface area contributed by atoms with Crippen LogP contribution in [0.2, 0.25) is 0 Å².